The molecule has 0 saturated heterocycles. The smallest absolute Gasteiger partial charge is 0.237 e. The number of benzene rings is 2. The van der Waals surface area contributed by atoms with Crippen LogP contribution in [0.4, 0.5) is 10.3 Å². The van der Waals surface area contributed by atoms with Crippen LogP contribution in [-0.4, -0.2) is 26.9 Å². The Kier molecular flexibility index (Phi) is 9.50. The van der Waals surface area contributed by atoms with Gasteiger partial charge in [-0.3, -0.25) is 9.78 Å². The number of nitrogen functional groups attached to an aromatic ring is 1. The number of nitrogens with zero attached hydrogens (tertiary/aromatic N) is 2. The number of carbonyl (C=O) groups excluding carboxylic acids is 1. The fourth-order valence-electron chi connectivity index (χ4n) is 3.52. The normalized spacial score (nSPS) is 11.3. The van der Waals surface area contributed by atoms with Gasteiger partial charge in [-0.05, 0) is 41.8 Å². The molecule has 182 valence electrons. The van der Waals surface area contributed by atoms with Gasteiger partial charge < -0.3 is 21.4 Å². The van der Waals surface area contributed by atoms with Gasteiger partial charge in [-0.15, -0.1) is 0 Å². The van der Waals surface area contributed by atoms with E-state index in [1.54, 1.807) is 30.7 Å². The lowest BCUT2D eigenvalue weighted by molar-refractivity contribution is -0.123. The van der Waals surface area contributed by atoms with Crippen molar-refractivity contribution in [3.8, 4) is 11.3 Å². The fourth-order valence-corrected chi connectivity index (χ4v) is 3.52. The van der Waals surface area contributed by atoms with Crippen molar-refractivity contribution in [2.75, 3.05) is 5.73 Å². The number of halogens is 1. The molecule has 0 aliphatic rings. The quantitative estimate of drug-likeness (QED) is 0.290. The maximum atomic E-state index is 14.4. The van der Waals surface area contributed by atoms with Gasteiger partial charge in [0.05, 0.1) is 17.9 Å². The standard InChI is InChI=1S/C25H25FN6O.C2H6/c26-21-9-8-19(23-16-31-25(27)32-23)12-20(21)15-30-24(33)22(11-17-5-2-1-3-6-17)29-14-18-7-4-10-28-13-18;1-2/h1-10,12-13,16,22,29H,11,14-15H2,(H,30,33)(H3,27,31,32);1-2H3. The van der Waals surface area contributed by atoms with Crippen molar-refractivity contribution in [1.82, 2.24) is 25.6 Å². The largest absolute Gasteiger partial charge is 0.369 e. The first-order valence-electron chi connectivity index (χ1n) is 11.6. The van der Waals surface area contributed by atoms with Crippen LogP contribution in [0, 0.1) is 5.82 Å². The number of pyridine rings is 1. The average Bonchev–Trinajstić information content (AvgIpc) is 3.34. The van der Waals surface area contributed by atoms with Crippen molar-refractivity contribution in [3.05, 3.63) is 102 Å². The van der Waals surface area contributed by atoms with E-state index >= 15 is 0 Å². The molecule has 4 aromatic rings. The number of amides is 1. The molecule has 35 heavy (non-hydrogen) atoms. The molecule has 2 aromatic carbocycles. The maximum Gasteiger partial charge on any atom is 0.237 e. The number of nitrogens with one attached hydrogen (secondary N) is 3. The van der Waals surface area contributed by atoms with Crippen LogP contribution in [0.3, 0.4) is 0 Å². The average molecular weight is 475 g/mol. The van der Waals surface area contributed by atoms with E-state index in [4.69, 9.17) is 5.73 Å². The van der Waals surface area contributed by atoms with Crippen molar-refractivity contribution in [1.29, 1.82) is 0 Å². The van der Waals surface area contributed by atoms with Gasteiger partial charge >= 0.3 is 0 Å². The molecule has 4 rings (SSSR count). The Hall–Kier alpha value is -4.04. The summed E-state index contributed by atoms with van der Waals surface area (Å²) >= 11 is 0. The van der Waals surface area contributed by atoms with Gasteiger partial charge in [0.25, 0.3) is 0 Å². The molecule has 1 atom stereocenters. The Balaban J connectivity index is 0.00000167. The molecule has 1 amide bonds. The third kappa shape index (κ3) is 7.48. The fraction of sp³-hybridized carbons (Fsp3) is 0.222. The number of rotatable bonds is 9. The number of nitrogens with two attached hydrogens (primary N) is 1. The van der Waals surface area contributed by atoms with Crippen LogP contribution in [0.25, 0.3) is 11.3 Å². The van der Waals surface area contributed by atoms with Crippen LogP contribution in [0.2, 0.25) is 0 Å². The van der Waals surface area contributed by atoms with E-state index in [0.29, 0.717) is 24.2 Å². The van der Waals surface area contributed by atoms with Gasteiger partial charge in [0.15, 0.2) is 5.95 Å². The molecule has 2 heterocycles. The minimum Gasteiger partial charge on any atom is -0.369 e. The first kappa shape index (κ1) is 25.6. The number of H-pyrrole nitrogens is 1. The molecule has 0 spiro atoms. The van der Waals surface area contributed by atoms with Gasteiger partial charge in [0.1, 0.15) is 5.82 Å². The lowest BCUT2D eigenvalue weighted by Gasteiger charge is -2.19. The maximum absolute atomic E-state index is 14.4. The highest BCUT2D eigenvalue weighted by Gasteiger charge is 2.19. The second kappa shape index (κ2) is 13.0. The van der Waals surface area contributed by atoms with E-state index in [1.165, 1.54) is 6.07 Å². The molecule has 0 aliphatic heterocycles. The van der Waals surface area contributed by atoms with Crippen molar-refractivity contribution < 1.29 is 9.18 Å². The Morgan fingerprint density at radius 2 is 1.80 bits per heavy atom. The summed E-state index contributed by atoms with van der Waals surface area (Å²) in [5, 5.41) is 6.17. The molecule has 0 aliphatic carbocycles. The SMILES string of the molecule is CC.Nc1ncc(-c2ccc(F)c(CNC(=O)C(Cc3ccccc3)NCc3cccnc3)c2)[nH]1. The topological polar surface area (TPSA) is 109 Å². The van der Waals surface area contributed by atoms with Gasteiger partial charge in [0, 0.05) is 36.6 Å². The molecule has 7 nitrogen and oxygen atoms in total. The zero-order chi connectivity index (χ0) is 25.0. The van der Waals surface area contributed by atoms with Crippen LogP contribution in [0.15, 0.2) is 79.3 Å². The first-order chi connectivity index (χ1) is 17.1. The molecule has 5 N–H and O–H groups in total. The van der Waals surface area contributed by atoms with Crippen molar-refractivity contribution in [2.24, 2.45) is 0 Å². The number of aromatic amines is 1. The number of hydrogen-bond donors (Lipinski definition) is 4. The van der Waals surface area contributed by atoms with E-state index in [0.717, 1.165) is 16.7 Å². The summed E-state index contributed by atoms with van der Waals surface area (Å²) in [6.07, 6.45) is 5.55. The Bertz CT molecular complexity index is 1200. The van der Waals surface area contributed by atoms with Gasteiger partial charge in [-0.1, -0.05) is 50.2 Å². The van der Waals surface area contributed by atoms with Crippen LogP contribution in [0.1, 0.15) is 30.5 Å². The van der Waals surface area contributed by atoms with Crippen LogP contribution < -0.4 is 16.4 Å². The second-order valence-corrected chi connectivity index (χ2v) is 7.69. The predicted octanol–water partition coefficient (Wildman–Crippen LogP) is 4.24. The van der Waals surface area contributed by atoms with E-state index in [9.17, 15) is 9.18 Å². The zero-order valence-corrected chi connectivity index (χ0v) is 20.0. The summed E-state index contributed by atoms with van der Waals surface area (Å²) in [5.41, 5.74) is 9.43. The minimum atomic E-state index is -0.494. The molecular weight excluding hydrogens is 443 g/mol. The third-order valence-electron chi connectivity index (χ3n) is 5.28. The highest BCUT2D eigenvalue weighted by Crippen LogP contribution is 2.21. The lowest BCUT2D eigenvalue weighted by Crippen LogP contribution is -2.45. The van der Waals surface area contributed by atoms with Gasteiger partial charge in [-0.25, -0.2) is 9.37 Å². The number of carbonyl (C=O) groups is 1. The summed E-state index contributed by atoms with van der Waals surface area (Å²) in [6.45, 7) is 4.55. The summed E-state index contributed by atoms with van der Waals surface area (Å²) in [6, 6.07) is 17.8. The van der Waals surface area contributed by atoms with Gasteiger partial charge in [0.2, 0.25) is 5.91 Å². The predicted molar refractivity (Wildman–Crippen MR) is 137 cm³/mol. The Morgan fingerprint density at radius 1 is 1.03 bits per heavy atom. The highest BCUT2D eigenvalue weighted by atomic mass is 19.1. The van der Waals surface area contributed by atoms with Crippen LogP contribution in [0.5, 0.6) is 0 Å². The van der Waals surface area contributed by atoms with E-state index in [2.05, 4.69) is 25.6 Å². The molecule has 0 fully saturated rings. The number of hydrogen-bond acceptors (Lipinski definition) is 5. The molecule has 2 aromatic heterocycles. The molecule has 0 saturated carbocycles. The van der Waals surface area contributed by atoms with Crippen LogP contribution >= 0.6 is 0 Å². The first-order valence-corrected chi connectivity index (χ1v) is 11.6. The van der Waals surface area contributed by atoms with Gasteiger partial charge in [-0.2, -0.15) is 0 Å². The molecular formula is C27H31FN6O. The number of anilines is 1. The summed E-state index contributed by atoms with van der Waals surface area (Å²) < 4.78 is 14.4. The minimum absolute atomic E-state index is 0.0575. The van der Waals surface area contributed by atoms with Crippen molar-refractivity contribution in [2.45, 2.75) is 39.4 Å². The lowest BCUT2D eigenvalue weighted by atomic mass is 10.0. The van der Waals surface area contributed by atoms with E-state index in [-0.39, 0.29) is 18.4 Å². The molecule has 0 radical (unpaired) electrons. The zero-order valence-electron chi connectivity index (χ0n) is 20.0. The van der Waals surface area contributed by atoms with E-state index < -0.39 is 11.9 Å². The third-order valence-corrected chi connectivity index (χ3v) is 5.28. The summed E-state index contributed by atoms with van der Waals surface area (Å²) in [4.78, 5) is 24.1. The second-order valence-electron chi connectivity index (χ2n) is 7.69. The highest BCUT2D eigenvalue weighted by molar-refractivity contribution is 5.82. The van der Waals surface area contributed by atoms with Crippen molar-refractivity contribution in [3.63, 3.8) is 0 Å². The van der Waals surface area contributed by atoms with Crippen molar-refractivity contribution >= 4 is 11.9 Å². The monoisotopic (exact) mass is 474 g/mol. The molecule has 0 bridgehead atoms. The number of imidazole rings is 1. The summed E-state index contributed by atoms with van der Waals surface area (Å²) in [7, 11) is 0. The van der Waals surface area contributed by atoms with E-state index in [1.807, 2.05) is 56.3 Å². The van der Waals surface area contributed by atoms with Crippen LogP contribution in [-0.2, 0) is 24.3 Å². The Labute approximate surface area is 205 Å². The summed E-state index contributed by atoms with van der Waals surface area (Å²) in [5.74, 6) is -0.319. The molecule has 8 heteroatoms. The number of aromatic nitrogens is 3. The molecule has 1 unspecified atom stereocenters. The Morgan fingerprint density at radius 3 is 2.49 bits per heavy atom.